The first-order chi connectivity index (χ1) is 7.90. The van der Waals surface area contributed by atoms with E-state index in [0.717, 1.165) is 0 Å². The van der Waals surface area contributed by atoms with Crippen molar-refractivity contribution in [2.75, 3.05) is 0 Å². The van der Waals surface area contributed by atoms with Crippen molar-refractivity contribution < 1.29 is 4.79 Å². The van der Waals surface area contributed by atoms with Crippen molar-refractivity contribution in [3.05, 3.63) is 34.4 Å². The molecular formula is C14H22N2O. The van der Waals surface area contributed by atoms with Gasteiger partial charge in [-0.15, -0.1) is 0 Å². The van der Waals surface area contributed by atoms with Gasteiger partial charge < -0.3 is 10.6 Å². The van der Waals surface area contributed by atoms with Crippen LogP contribution in [-0.2, 0) is 6.54 Å². The maximum Gasteiger partial charge on any atom is 0.315 e. The van der Waals surface area contributed by atoms with Crippen molar-refractivity contribution in [1.29, 1.82) is 0 Å². The first-order valence-electron chi connectivity index (χ1n) is 6.01. The molecule has 94 valence electrons. The van der Waals surface area contributed by atoms with Crippen LogP contribution in [0.3, 0.4) is 0 Å². The van der Waals surface area contributed by atoms with E-state index in [-0.39, 0.29) is 12.1 Å². The fraction of sp³-hybridized carbons (Fsp3) is 0.500. The van der Waals surface area contributed by atoms with Crippen LogP contribution in [0.15, 0.2) is 12.1 Å². The molecule has 0 aliphatic carbocycles. The molecule has 0 aromatic heterocycles. The summed E-state index contributed by atoms with van der Waals surface area (Å²) in [6.45, 7) is 10.7. The first-order valence-corrected chi connectivity index (χ1v) is 6.01. The van der Waals surface area contributed by atoms with E-state index in [9.17, 15) is 4.79 Å². The second-order valence-electron chi connectivity index (χ2n) is 4.86. The molecule has 0 aliphatic rings. The lowest BCUT2D eigenvalue weighted by atomic mass is 10.00. The summed E-state index contributed by atoms with van der Waals surface area (Å²) in [6, 6.07) is 4.34. The maximum atomic E-state index is 11.5. The number of carbonyl (C=O) groups excluding carboxylic acids is 1. The van der Waals surface area contributed by atoms with Gasteiger partial charge in [0.15, 0.2) is 0 Å². The molecule has 0 fully saturated rings. The summed E-state index contributed by atoms with van der Waals surface area (Å²) in [6.07, 6.45) is 0. The number of aryl methyl sites for hydroxylation is 3. The molecular weight excluding hydrogens is 212 g/mol. The Bertz CT molecular complexity index is 388. The van der Waals surface area contributed by atoms with Crippen LogP contribution in [0.1, 0.15) is 36.1 Å². The molecule has 2 N–H and O–H groups in total. The Hall–Kier alpha value is -1.51. The molecule has 0 radical (unpaired) electrons. The van der Waals surface area contributed by atoms with Crippen LogP contribution < -0.4 is 10.6 Å². The van der Waals surface area contributed by atoms with Crippen LogP contribution in [0.4, 0.5) is 4.79 Å². The second kappa shape index (κ2) is 5.71. The third-order valence-corrected chi connectivity index (χ3v) is 2.69. The molecule has 0 unspecified atom stereocenters. The number of rotatable bonds is 3. The van der Waals surface area contributed by atoms with Crippen LogP contribution in [0.5, 0.6) is 0 Å². The Kier molecular flexibility index (Phi) is 4.55. The van der Waals surface area contributed by atoms with Gasteiger partial charge in [-0.3, -0.25) is 0 Å². The zero-order chi connectivity index (χ0) is 13.0. The average molecular weight is 234 g/mol. The summed E-state index contributed by atoms with van der Waals surface area (Å²) in [5.41, 5.74) is 4.92. The molecule has 1 aromatic rings. The van der Waals surface area contributed by atoms with Gasteiger partial charge >= 0.3 is 6.03 Å². The molecule has 1 rings (SSSR count). The molecule has 0 saturated carbocycles. The van der Waals surface area contributed by atoms with E-state index < -0.39 is 0 Å². The number of hydrogen-bond donors (Lipinski definition) is 2. The summed E-state index contributed by atoms with van der Waals surface area (Å²) in [7, 11) is 0. The quantitative estimate of drug-likeness (QED) is 0.829. The molecule has 2 amide bonds. The lowest BCUT2D eigenvalue weighted by Gasteiger charge is -2.14. The highest BCUT2D eigenvalue weighted by molar-refractivity contribution is 5.74. The van der Waals surface area contributed by atoms with Crippen molar-refractivity contribution in [3.63, 3.8) is 0 Å². The van der Waals surface area contributed by atoms with Gasteiger partial charge in [-0.25, -0.2) is 4.79 Å². The fourth-order valence-corrected chi connectivity index (χ4v) is 1.97. The third-order valence-electron chi connectivity index (χ3n) is 2.69. The van der Waals surface area contributed by atoms with Crippen LogP contribution in [-0.4, -0.2) is 12.1 Å². The fourth-order valence-electron chi connectivity index (χ4n) is 1.97. The van der Waals surface area contributed by atoms with Gasteiger partial charge in [-0.05, 0) is 51.3 Å². The van der Waals surface area contributed by atoms with E-state index in [0.29, 0.717) is 6.54 Å². The van der Waals surface area contributed by atoms with E-state index in [4.69, 9.17) is 0 Å². The summed E-state index contributed by atoms with van der Waals surface area (Å²) < 4.78 is 0. The summed E-state index contributed by atoms with van der Waals surface area (Å²) in [4.78, 5) is 11.5. The highest BCUT2D eigenvalue weighted by Gasteiger charge is 2.06. The summed E-state index contributed by atoms with van der Waals surface area (Å²) >= 11 is 0. The largest absolute Gasteiger partial charge is 0.336 e. The van der Waals surface area contributed by atoms with E-state index >= 15 is 0 Å². The zero-order valence-electron chi connectivity index (χ0n) is 11.3. The molecule has 0 aliphatic heterocycles. The molecule has 1 aromatic carbocycles. The zero-order valence-corrected chi connectivity index (χ0v) is 11.3. The van der Waals surface area contributed by atoms with Gasteiger partial charge in [-0.1, -0.05) is 17.7 Å². The standard InChI is InChI=1S/C14H22N2O/c1-9(2)16-14(17)15-8-13-11(4)6-10(3)7-12(13)5/h6-7,9H,8H2,1-5H3,(H2,15,16,17). The topological polar surface area (TPSA) is 41.1 Å². The van der Waals surface area contributed by atoms with Gasteiger partial charge in [0.1, 0.15) is 0 Å². The van der Waals surface area contributed by atoms with Gasteiger partial charge in [0, 0.05) is 12.6 Å². The summed E-state index contributed by atoms with van der Waals surface area (Å²) in [5, 5.41) is 5.69. The number of hydrogen-bond acceptors (Lipinski definition) is 1. The Morgan fingerprint density at radius 1 is 1.18 bits per heavy atom. The molecule has 0 spiro atoms. The van der Waals surface area contributed by atoms with Gasteiger partial charge in [0.05, 0.1) is 0 Å². The Morgan fingerprint density at radius 3 is 2.18 bits per heavy atom. The number of carbonyl (C=O) groups is 1. The second-order valence-corrected chi connectivity index (χ2v) is 4.86. The first kappa shape index (κ1) is 13.6. The highest BCUT2D eigenvalue weighted by atomic mass is 16.2. The Balaban J connectivity index is 2.67. The van der Waals surface area contributed by atoms with E-state index in [2.05, 4.69) is 43.5 Å². The normalized spacial score (nSPS) is 10.5. The van der Waals surface area contributed by atoms with Crippen molar-refractivity contribution >= 4 is 6.03 Å². The van der Waals surface area contributed by atoms with E-state index in [1.54, 1.807) is 0 Å². The summed E-state index contributed by atoms with van der Waals surface area (Å²) in [5.74, 6) is 0. The van der Waals surface area contributed by atoms with Crippen molar-refractivity contribution in [1.82, 2.24) is 10.6 Å². The predicted molar refractivity (Wildman–Crippen MR) is 71.2 cm³/mol. The van der Waals surface area contributed by atoms with E-state index in [1.165, 1.54) is 22.3 Å². The maximum absolute atomic E-state index is 11.5. The minimum absolute atomic E-state index is 0.112. The Morgan fingerprint density at radius 2 is 1.71 bits per heavy atom. The average Bonchev–Trinajstić information content (AvgIpc) is 2.14. The molecule has 17 heavy (non-hydrogen) atoms. The smallest absolute Gasteiger partial charge is 0.315 e. The van der Waals surface area contributed by atoms with E-state index in [1.807, 2.05) is 13.8 Å². The minimum Gasteiger partial charge on any atom is -0.336 e. The molecule has 0 heterocycles. The predicted octanol–water partition coefficient (Wildman–Crippen LogP) is 2.82. The van der Waals surface area contributed by atoms with Crippen molar-refractivity contribution in [3.8, 4) is 0 Å². The number of benzene rings is 1. The SMILES string of the molecule is Cc1cc(C)c(CNC(=O)NC(C)C)c(C)c1. The highest BCUT2D eigenvalue weighted by Crippen LogP contribution is 2.15. The molecule has 0 bridgehead atoms. The molecule has 3 nitrogen and oxygen atoms in total. The molecule has 0 saturated heterocycles. The van der Waals surface area contributed by atoms with Crippen molar-refractivity contribution in [2.24, 2.45) is 0 Å². The number of urea groups is 1. The molecule has 0 atom stereocenters. The van der Waals surface area contributed by atoms with Gasteiger partial charge in [0.2, 0.25) is 0 Å². The number of amides is 2. The van der Waals surface area contributed by atoms with Crippen LogP contribution in [0.2, 0.25) is 0 Å². The lowest BCUT2D eigenvalue weighted by Crippen LogP contribution is -2.39. The van der Waals surface area contributed by atoms with Crippen LogP contribution in [0, 0.1) is 20.8 Å². The van der Waals surface area contributed by atoms with Crippen LogP contribution >= 0.6 is 0 Å². The van der Waals surface area contributed by atoms with Gasteiger partial charge in [0.25, 0.3) is 0 Å². The van der Waals surface area contributed by atoms with Gasteiger partial charge in [-0.2, -0.15) is 0 Å². The molecule has 3 heteroatoms. The number of nitrogens with one attached hydrogen (secondary N) is 2. The minimum atomic E-state index is -0.112. The monoisotopic (exact) mass is 234 g/mol. The Labute approximate surface area is 104 Å². The van der Waals surface area contributed by atoms with Crippen LogP contribution in [0.25, 0.3) is 0 Å². The van der Waals surface area contributed by atoms with Crippen molar-refractivity contribution in [2.45, 2.75) is 47.2 Å². The third kappa shape index (κ3) is 4.10. The lowest BCUT2D eigenvalue weighted by molar-refractivity contribution is 0.238.